The lowest BCUT2D eigenvalue weighted by Gasteiger charge is -2.29. The van der Waals surface area contributed by atoms with E-state index < -0.39 is 0 Å². The molecule has 18 heavy (non-hydrogen) atoms. The summed E-state index contributed by atoms with van der Waals surface area (Å²) in [7, 11) is 4.05. The van der Waals surface area contributed by atoms with E-state index in [2.05, 4.69) is 31.1 Å². The number of nitrogens with zero attached hydrogens (tertiary/aromatic N) is 1. The van der Waals surface area contributed by atoms with Crippen LogP contribution in [0.2, 0.25) is 0 Å². The van der Waals surface area contributed by atoms with Gasteiger partial charge in [-0.25, -0.2) is 0 Å². The molecular formula is C15H32N2O. The second-order valence-corrected chi connectivity index (χ2v) is 5.96. The van der Waals surface area contributed by atoms with Gasteiger partial charge in [0.05, 0.1) is 6.10 Å². The van der Waals surface area contributed by atoms with Crippen LogP contribution in [0.15, 0.2) is 0 Å². The molecule has 0 aromatic carbocycles. The Morgan fingerprint density at radius 1 is 1.28 bits per heavy atom. The SMILES string of the molecule is COC1CCCC(NCCCCN(C)C(C)C)C1. The van der Waals surface area contributed by atoms with Gasteiger partial charge in [0.25, 0.3) is 0 Å². The predicted octanol–water partition coefficient (Wildman–Crippen LogP) is 2.65. The standard InChI is InChI=1S/C15H32N2O/c1-13(2)17(3)11-6-5-10-16-14-8-7-9-15(12-14)18-4/h13-16H,5-12H2,1-4H3. The Morgan fingerprint density at radius 2 is 2.06 bits per heavy atom. The minimum Gasteiger partial charge on any atom is -0.381 e. The average molecular weight is 256 g/mol. The molecule has 0 spiro atoms. The summed E-state index contributed by atoms with van der Waals surface area (Å²) in [5.41, 5.74) is 0. The first-order valence-electron chi connectivity index (χ1n) is 7.60. The Balaban J connectivity index is 2.00. The third-order valence-electron chi connectivity index (χ3n) is 4.21. The first-order chi connectivity index (χ1) is 8.63. The highest BCUT2D eigenvalue weighted by Crippen LogP contribution is 2.20. The molecule has 0 aromatic rings. The zero-order valence-corrected chi connectivity index (χ0v) is 12.7. The van der Waals surface area contributed by atoms with Gasteiger partial charge in [0.1, 0.15) is 0 Å². The molecule has 1 saturated carbocycles. The van der Waals surface area contributed by atoms with Crippen molar-refractivity contribution in [3.63, 3.8) is 0 Å². The Labute approximate surface area is 113 Å². The summed E-state index contributed by atoms with van der Waals surface area (Å²) in [5.74, 6) is 0. The van der Waals surface area contributed by atoms with Crippen molar-refractivity contribution in [2.75, 3.05) is 27.2 Å². The van der Waals surface area contributed by atoms with Gasteiger partial charge in [-0.2, -0.15) is 0 Å². The minimum atomic E-state index is 0.489. The zero-order chi connectivity index (χ0) is 13.4. The maximum Gasteiger partial charge on any atom is 0.0586 e. The number of hydrogen-bond donors (Lipinski definition) is 1. The van der Waals surface area contributed by atoms with Crippen molar-refractivity contribution in [2.45, 2.75) is 70.6 Å². The van der Waals surface area contributed by atoms with E-state index in [0.717, 1.165) is 6.54 Å². The Bertz CT molecular complexity index is 209. The zero-order valence-electron chi connectivity index (χ0n) is 12.7. The van der Waals surface area contributed by atoms with E-state index in [1.54, 1.807) is 0 Å². The van der Waals surface area contributed by atoms with Gasteiger partial charge in [-0.05, 0) is 72.5 Å². The fourth-order valence-electron chi connectivity index (χ4n) is 2.60. The third-order valence-corrected chi connectivity index (χ3v) is 4.21. The summed E-state index contributed by atoms with van der Waals surface area (Å²) >= 11 is 0. The quantitative estimate of drug-likeness (QED) is 0.676. The van der Waals surface area contributed by atoms with Gasteiger partial charge >= 0.3 is 0 Å². The highest BCUT2D eigenvalue weighted by molar-refractivity contribution is 4.78. The van der Waals surface area contributed by atoms with Crippen LogP contribution in [0.3, 0.4) is 0 Å². The van der Waals surface area contributed by atoms with E-state index in [4.69, 9.17) is 4.74 Å². The predicted molar refractivity (Wildman–Crippen MR) is 78.1 cm³/mol. The van der Waals surface area contributed by atoms with Gasteiger partial charge in [0.2, 0.25) is 0 Å². The Hall–Kier alpha value is -0.120. The van der Waals surface area contributed by atoms with Crippen molar-refractivity contribution in [1.29, 1.82) is 0 Å². The second-order valence-electron chi connectivity index (χ2n) is 5.96. The summed E-state index contributed by atoms with van der Waals surface area (Å²) in [4.78, 5) is 2.42. The molecule has 0 aliphatic heterocycles. The van der Waals surface area contributed by atoms with E-state index in [1.807, 2.05) is 7.11 Å². The molecule has 2 unspecified atom stereocenters. The van der Waals surface area contributed by atoms with Gasteiger partial charge in [-0.15, -0.1) is 0 Å². The van der Waals surface area contributed by atoms with E-state index in [0.29, 0.717) is 18.2 Å². The maximum absolute atomic E-state index is 5.46. The van der Waals surface area contributed by atoms with Crippen molar-refractivity contribution in [3.8, 4) is 0 Å². The highest BCUT2D eigenvalue weighted by atomic mass is 16.5. The fraction of sp³-hybridized carbons (Fsp3) is 1.00. The summed E-state index contributed by atoms with van der Waals surface area (Å²) in [5, 5.41) is 3.69. The topological polar surface area (TPSA) is 24.5 Å². The molecule has 108 valence electrons. The van der Waals surface area contributed by atoms with E-state index in [1.165, 1.54) is 45.1 Å². The van der Waals surface area contributed by atoms with Crippen LogP contribution in [0.5, 0.6) is 0 Å². The van der Waals surface area contributed by atoms with Crippen molar-refractivity contribution >= 4 is 0 Å². The van der Waals surface area contributed by atoms with Crippen molar-refractivity contribution < 1.29 is 4.74 Å². The highest BCUT2D eigenvalue weighted by Gasteiger charge is 2.20. The molecule has 0 radical (unpaired) electrons. The summed E-state index contributed by atoms with van der Waals surface area (Å²) < 4.78 is 5.46. The molecule has 0 bridgehead atoms. The molecule has 0 saturated heterocycles. The molecule has 3 heteroatoms. The number of hydrogen-bond acceptors (Lipinski definition) is 3. The van der Waals surface area contributed by atoms with Crippen LogP contribution < -0.4 is 5.32 Å². The Kier molecular flexibility index (Phi) is 7.87. The minimum absolute atomic E-state index is 0.489. The van der Waals surface area contributed by atoms with Crippen LogP contribution in [0.1, 0.15) is 52.4 Å². The lowest BCUT2D eigenvalue weighted by molar-refractivity contribution is 0.0588. The van der Waals surface area contributed by atoms with Crippen LogP contribution in [-0.4, -0.2) is 50.3 Å². The molecule has 1 fully saturated rings. The number of unbranched alkanes of at least 4 members (excludes halogenated alkanes) is 1. The molecule has 0 heterocycles. The lowest BCUT2D eigenvalue weighted by atomic mass is 9.93. The summed E-state index contributed by atoms with van der Waals surface area (Å²) in [6.45, 7) is 6.88. The number of nitrogens with one attached hydrogen (secondary N) is 1. The third kappa shape index (κ3) is 6.17. The van der Waals surface area contributed by atoms with Crippen LogP contribution in [0.4, 0.5) is 0 Å². The van der Waals surface area contributed by atoms with E-state index in [9.17, 15) is 0 Å². The van der Waals surface area contributed by atoms with Crippen molar-refractivity contribution in [3.05, 3.63) is 0 Å². The molecule has 1 N–H and O–H groups in total. The van der Waals surface area contributed by atoms with Gasteiger partial charge < -0.3 is 15.0 Å². The molecule has 1 aliphatic carbocycles. The first-order valence-corrected chi connectivity index (χ1v) is 7.60. The normalized spacial score (nSPS) is 25.0. The number of rotatable bonds is 8. The molecular weight excluding hydrogens is 224 g/mol. The molecule has 0 aromatic heterocycles. The van der Waals surface area contributed by atoms with E-state index in [-0.39, 0.29) is 0 Å². The molecule has 1 rings (SSSR count). The Morgan fingerprint density at radius 3 is 2.72 bits per heavy atom. The van der Waals surface area contributed by atoms with Gasteiger partial charge in [-0.3, -0.25) is 0 Å². The van der Waals surface area contributed by atoms with Gasteiger partial charge in [-0.1, -0.05) is 0 Å². The maximum atomic E-state index is 5.46. The van der Waals surface area contributed by atoms with Crippen molar-refractivity contribution in [2.24, 2.45) is 0 Å². The van der Waals surface area contributed by atoms with Crippen LogP contribution in [0, 0.1) is 0 Å². The van der Waals surface area contributed by atoms with Crippen LogP contribution in [-0.2, 0) is 4.74 Å². The van der Waals surface area contributed by atoms with Gasteiger partial charge in [0.15, 0.2) is 0 Å². The monoisotopic (exact) mass is 256 g/mol. The van der Waals surface area contributed by atoms with E-state index >= 15 is 0 Å². The smallest absolute Gasteiger partial charge is 0.0586 e. The largest absolute Gasteiger partial charge is 0.381 e. The average Bonchev–Trinajstić information content (AvgIpc) is 2.38. The lowest BCUT2D eigenvalue weighted by Crippen LogP contribution is -2.37. The molecule has 1 aliphatic rings. The molecule has 2 atom stereocenters. The first kappa shape index (κ1) is 15.9. The number of methoxy groups -OCH3 is 1. The fourth-order valence-corrected chi connectivity index (χ4v) is 2.60. The van der Waals surface area contributed by atoms with Crippen LogP contribution >= 0.6 is 0 Å². The second kappa shape index (κ2) is 8.89. The van der Waals surface area contributed by atoms with Crippen molar-refractivity contribution in [1.82, 2.24) is 10.2 Å². The molecule has 0 amide bonds. The van der Waals surface area contributed by atoms with Crippen LogP contribution in [0.25, 0.3) is 0 Å². The van der Waals surface area contributed by atoms with Gasteiger partial charge in [0, 0.05) is 19.2 Å². The number of ether oxygens (including phenoxy) is 1. The summed E-state index contributed by atoms with van der Waals surface area (Å²) in [6.07, 6.45) is 8.14. The molecule has 3 nitrogen and oxygen atoms in total. The summed E-state index contributed by atoms with van der Waals surface area (Å²) in [6, 6.07) is 1.35.